The molecule has 0 heterocycles. The number of rotatable bonds is 7. The first-order chi connectivity index (χ1) is 8.54. The SMILES string of the molecule is CCC(C)CC(CC)(Nc1ccccc1)C(=O)O. The molecule has 0 aliphatic rings. The minimum atomic E-state index is -0.864. The highest BCUT2D eigenvalue weighted by atomic mass is 16.4. The smallest absolute Gasteiger partial charge is 0.329 e. The molecule has 0 spiro atoms. The molecule has 2 unspecified atom stereocenters. The summed E-state index contributed by atoms with van der Waals surface area (Å²) in [5.74, 6) is -0.383. The average Bonchev–Trinajstić information content (AvgIpc) is 2.38. The van der Waals surface area contributed by atoms with E-state index in [-0.39, 0.29) is 0 Å². The summed E-state index contributed by atoms with van der Waals surface area (Å²) in [4.78, 5) is 11.6. The monoisotopic (exact) mass is 249 g/mol. The Hall–Kier alpha value is -1.51. The second-order valence-corrected chi connectivity index (χ2v) is 4.95. The third-order valence-corrected chi connectivity index (χ3v) is 3.56. The van der Waals surface area contributed by atoms with Crippen LogP contribution in [-0.4, -0.2) is 16.6 Å². The standard InChI is InChI=1S/C15H23NO2/c1-4-12(3)11-15(5-2,14(17)18)16-13-9-7-6-8-10-13/h6-10,12,16H,4-5,11H2,1-3H3,(H,17,18). The quantitative estimate of drug-likeness (QED) is 0.773. The highest BCUT2D eigenvalue weighted by Gasteiger charge is 2.37. The van der Waals surface area contributed by atoms with E-state index in [1.807, 2.05) is 37.3 Å². The van der Waals surface area contributed by atoms with Crippen LogP contribution in [-0.2, 0) is 4.79 Å². The Balaban J connectivity index is 2.93. The largest absolute Gasteiger partial charge is 0.480 e. The van der Waals surface area contributed by atoms with Gasteiger partial charge in [-0.05, 0) is 30.9 Å². The van der Waals surface area contributed by atoms with Crippen LogP contribution >= 0.6 is 0 Å². The molecular formula is C15H23NO2. The predicted octanol–water partition coefficient (Wildman–Crippen LogP) is 3.77. The summed E-state index contributed by atoms with van der Waals surface area (Å²) in [6, 6.07) is 9.56. The van der Waals surface area contributed by atoms with E-state index in [0.717, 1.165) is 12.1 Å². The first-order valence-corrected chi connectivity index (χ1v) is 6.60. The number of carboxylic acids is 1. The Morgan fingerprint density at radius 1 is 1.33 bits per heavy atom. The minimum Gasteiger partial charge on any atom is -0.480 e. The third-order valence-electron chi connectivity index (χ3n) is 3.56. The van der Waals surface area contributed by atoms with Gasteiger partial charge in [-0.1, -0.05) is 45.4 Å². The van der Waals surface area contributed by atoms with Gasteiger partial charge in [-0.3, -0.25) is 0 Å². The molecule has 1 aromatic carbocycles. The van der Waals surface area contributed by atoms with Crippen LogP contribution in [0, 0.1) is 5.92 Å². The Labute approximate surface area is 109 Å². The van der Waals surface area contributed by atoms with E-state index in [4.69, 9.17) is 0 Å². The Morgan fingerprint density at radius 2 is 1.94 bits per heavy atom. The number of aliphatic carboxylic acids is 1. The van der Waals surface area contributed by atoms with Crippen LogP contribution in [0.3, 0.4) is 0 Å². The molecule has 0 bridgehead atoms. The van der Waals surface area contributed by atoms with Gasteiger partial charge in [0.2, 0.25) is 0 Å². The van der Waals surface area contributed by atoms with Crippen LogP contribution in [0.1, 0.15) is 40.0 Å². The number of carboxylic acid groups (broad SMARTS) is 1. The van der Waals surface area contributed by atoms with Crippen LogP contribution < -0.4 is 5.32 Å². The van der Waals surface area contributed by atoms with Crippen molar-refractivity contribution in [2.45, 2.75) is 45.6 Å². The zero-order valence-corrected chi connectivity index (χ0v) is 11.4. The van der Waals surface area contributed by atoms with E-state index < -0.39 is 11.5 Å². The van der Waals surface area contributed by atoms with E-state index in [1.54, 1.807) is 0 Å². The minimum absolute atomic E-state index is 0.386. The molecule has 0 saturated heterocycles. The number of nitrogens with one attached hydrogen (secondary N) is 1. The van der Waals surface area contributed by atoms with Crippen molar-refractivity contribution in [3.8, 4) is 0 Å². The molecule has 0 amide bonds. The van der Waals surface area contributed by atoms with Crippen molar-refractivity contribution in [2.24, 2.45) is 5.92 Å². The van der Waals surface area contributed by atoms with E-state index >= 15 is 0 Å². The van der Waals surface area contributed by atoms with E-state index in [2.05, 4.69) is 19.2 Å². The van der Waals surface area contributed by atoms with Gasteiger partial charge in [0.15, 0.2) is 0 Å². The van der Waals surface area contributed by atoms with E-state index in [0.29, 0.717) is 18.8 Å². The fourth-order valence-corrected chi connectivity index (χ4v) is 2.11. The molecule has 2 N–H and O–H groups in total. The molecule has 3 nitrogen and oxygen atoms in total. The van der Waals surface area contributed by atoms with Crippen LogP contribution in [0.2, 0.25) is 0 Å². The normalized spacial score (nSPS) is 15.7. The lowest BCUT2D eigenvalue weighted by Gasteiger charge is -2.32. The fraction of sp³-hybridized carbons (Fsp3) is 0.533. The van der Waals surface area contributed by atoms with Crippen LogP contribution in [0.4, 0.5) is 5.69 Å². The zero-order valence-electron chi connectivity index (χ0n) is 11.4. The maximum Gasteiger partial charge on any atom is 0.329 e. The second-order valence-electron chi connectivity index (χ2n) is 4.95. The zero-order chi connectivity index (χ0) is 13.6. The molecule has 0 aliphatic heterocycles. The molecule has 1 rings (SSSR count). The number of benzene rings is 1. The van der Waals surface area contributed by atoms with Crippen molar-refractivity contribution >= 4 is 11.7 Å². The Bertz CT molecular complexity index is 377. The summed E-state index contributed by atoms with van der Waals surface area (Å²) >= 11 is 0. The highest BCUT2D eigenvalue weighted by molar-refractivity contribution is 5.82. The Morgan fingerprint density at radius 3 is 2.39 bits per heavy atom. The van der Waals surface area contributed by atoms with Crippen LogP contribution in [0.5, 0.6) is 0 Å². The molecule has 100 valence electrons. The van der Waals surface area contributed by atoms with Gasteiger partial charge in [-0.15, -0.1) is 0 Å². The molecule has 0 aliphatic carbocycles. The highest BCUT2D eigenvalue weighted by Crippen LogP contribution is 2.27. The van der Waals surface area contributed by atoms with Gasteiger partial charge in [0.05, 0.1) is 0 Å². The molecule has 18 heavy (non-hydrogen) atoms. The van der Waals surface area contributed by atoms with Crippen LogP contribution in [0.15, 0.2) is 30.3 Å². The third kappa shape index (κ3) is 3.49. The molecule has 0 saturated carbocycles. The maximum atomic E-state index is 11.6. The van der Waals surface area contributed by atoms with Crippen molar-refractivity contribution in [1.29, 1.82) is 0 Å². The molecule has 0 aromatic heterocycles. The molecular weight excluding hydrogens is 226 g/mol. The van der Waals surface area contributed by atoms with Crippen molar-refractivity contribution in [3.05, 3.63) is 30.3 Å². The summed E-state index contributed by atoms with van der Waals surface area (Å²) in [7, 11) is 0. The van der Waals surface area contributed by atoms with Gasteiger partial charge in [0.1, 0.15) is 5.54 Å². The van der Waals surface area contributed by atoms with Gasteiger partial charge in [0.25, 0.3) is 0 Å². The van der Waals surface area contributed by atoms with Crippen molar-refractivity contribution in [1.82, 2.24) is 0 Å². The average molecular weight is 249 g/mol. The van der Waals surface area contributed by atoms with Crippen molar-refractivity contribution < 1.29 is 9.90 Å². The number of hydrogen-bond donors (Lipinski definition) is 2. The summed E-state index contributed by atoms with van der Waals surface area (Å²) in [6.07, 6.45) is 2.21. The predicted molar refractivity (Wildman–Crippen MR) is 74.8 cm³/mol. The van der Waals surface area contributed by atoms with E-state index in [9.17, 15) is 9.90 Å². The lowest BCUT2D eigenvalue weighted by atomic mass is 9.84. The summed E-state index contributed by atoms with van der Waals surface area (Å²) < 4.78 is 0. The second kappa shape index (κ2) is 6.43. The van der Waals surface area contributed by atoms with Crippen molar-refractivity contribution in [3.63, 3.8) is 0 Å². The van der Waals surface area contributed by atoms with Gasteiger partial charge >= 0.3 is 5.97 Å². The maximum absolute atomic E-state index is 11.6. The number of anilines is 1. The molecule has 1 aromatic rings. The lowest BCUT2D eigenvalue weighted by molar-refractivity contribution is -0.143. The number of para-hydroxylation sites is 1. The first kappa shape index (κ1) is 14.6. The van der Waals surface area contributed by atoms with Gasteiger partial charge in [0, 0.05) is 5.69 Å². The summed E-state index contributed by atoms with van der Waals surface area (Å²) in [5, 5.41) is 12.8. The molecule has 2 atom stereocenters. The first-order valence-electron chi connectivity index (χ1n) is 6.60. The molecule has 0 radical (unpaired) electrons. The number of hydrogen-bond acceptors (Lipinski definition) is 2. The fourth-order valence-electron chi connectivity index (χ4n) is 2.11. The molecule has 0 fully saturated rings. The van der Waals surface area contributed by atoms with Gasteiger partial charge < -0.3 is 10.4 Å². The Kier molecular flexibility index (Phi) is 5.20. The van der Waals surface area contributed by atoms with Crippen molar-refractivity contribution in [2.75, 3.05) is 5.32 Å². The topological polar surface area (TPSA) is 49.3 Å². The summed E-state index contributed by atoms with van der Waals surface area (Å²) in [5.41, 5.74) is 0.00148. The number of carbonyl (C=O) groups is 1. The van der Waals surface area contributed by atoms with Crippen LogP contribution in [0.25, 0.3) is 0 Å². The van der Waals surface area contributed by atoms with Gasteiger partial charge in [-0.25, -0.2) is 4.79 Å². The lowest BCUT2D eigenvalue weighted by Crippen LogP contribution is -2.47. The summed E-state index contributed by atoms with van der Waals surface area (Å²) in [6.45, 7) is 6.11. The molecule has 3 heteroatoms. The van der Waals surface area contributed by atoms with Gasteiger partial charge in [-0.2, -0.15) is 0 Å². The van der Waals surface area contributed by atoms with E-state index in [1.165, 1.54) is 0 Å².